The SMILES string of the molecule is CC(C)(C)OCCOC1CNc2cc(N)ccc2OC1. The number of benzene rings is 1. The van der Waals surface area contributed by atoms with Crippen LogP contribution in [0, 0.1) is 0 Å². The van der Waals surface area contributed by atoms with Gasteiger partial charge in [-0.3, -0.25) is 0 Å². The van der Waals surface area contributed by atoms with Gasteiger partial charge in [0.05, 0.1) is 24.5 Å². The quantitative estimate of drug-likeness (QED) is 0.654. The second kappa shape index (κ2) is 6.33. The van der Waals surface area contributed by atoms with Crippen molar-refractivity contribution in [1.82, 2.24) is 0 Å². The van der Waals surface area contributed by atoms with E-state index < -0.39 is 0 Å². The summed E-state index contributed by atoms with van der Waals surface area (Å²) in [7, 11) is 0. The molecule has 3 N–H and O–H groups in total. The molecule has 1 unspecified atom stereocenters. The molecule has 0 saturated carbocycles. The third-order valence-corrected chi connectivity index (χ3v) is 2.92. The summed E-state index contributed by atoms with van der Waals surface area (Å²) in [5.74, 6) is 0.816. The van der Waals surface area contributed by atoms with Crippen LogP contribution < -0.4 is 15.8 Å². The Labute approximate surface area is 120 Å². The lowest BCUT2D eigenvalue weighted by Gasteiger charge is -2.21. The number of nitrogens with two attached hydrogens (primary N) is 1. The first kappa shape index (κ1) is 14.9. The molecule has 1 aliphatic heterocycles. The van der Waals surface area contributed by atoms with E-state index in [4.69, 9.17) is 19.9 Å². The molecular weight excluding hydrogens is 256 g/mol. The zero-order valence-electron chi connectivity index (χ0n) is 12.4. The first-order valence-corrected chi connectivity index (χ1v) is 6.96. The van der Waals surface area contributed by atoms with E-state index in [9.17, 15) is 0 Å². The Morgan fingerprint density at radius 1 is 1.35 bits per heavy atom. The van der Waals surface area contributed by atoms with Crippen LogP contribution in [0.1, 0.15) is 20.8 Å². The first-order valence-electron chi connectivity index (χ1n) is 6.96. The summed E-state index contributed by atoms with van der Waals surface area (Å²) >= 11 is 0. The molecule has 1 atom stereocenters. The van der Waals surface area contributed by atoms with Crippen molar-refractivity contribution in [3.05, 3.63) is 18.2 Å². The zero-order chi connectivity index (χ0) is 14.6. The maximum absolute atomic E-state index is 5.78. The highest BCUT2D eigenvalue weighted by Gasteiger charge is 2.17. The van der Waals surface area contributed by atoms with Crippen molar-refractivity contribution in [2.75, 3.05) is 37.4 Å². The van der Waals surface area contributed by atoms with Crippen molar-refractivity contribution in [3.8, 4) is 5.75 Å². The average molecular weight is 280 g/mol. The predicted molar refractivity (Wildman–Crippen MR) is 80.3 cm³/mol. The van der Waals surface area contributed by atoms with E-state index >= 15 is 0 Å². The van der Waals surface area contributed by atoms with Crippen molar-refractivity contribution in [3.63, 3.8) is 0 Å². The minimum absolute atomic E-state index is 0.00666. The first-order chi connectivity index (χ1) is 9.44. The summed E-state index contributed by atoms with van der Waals surface area (Å²) in [6.07, 6.45) is 0.00666. The molecule has 1 aromatic rings. The van der Waals surface area contributed by atoms with E-state index in [0.717, 1.165) is 17.1 Å². The van der Waals surface area contributed by atoms with Crippen LogP contribution in [0.3, 0.4) is 0 Å². The van der Waals surface area contributed by atoms with Crippen molar-refractivity contribution < 1.29 is 14.2 Å². The second-order valence-corrected chi connectivity index (χ2v) is 5.90. The van der Waals surface area contributed by atoms with Crippen LogP contribution in [0.5, 0.6) is 5.75 Å². The van der Waals surface area contributed by atoms with E-state index in [0.29, 0.717) is 26.4 Å². The zero-order valence-corrected chi connectivity index (χ0v) is 12.4. The van der Waals surface area contributed by atoms with Crippen LogP contribution in [0.25, 0.3) is 0 Å². The maximum Gasteiger partial charge on any atom is 0.142 e. The summed E-state index contributed by atoms with van der Waals surface area (Å²) in [4.78, 5) is 0. The van der Waals surface area contributed by atoms with Crippen molar-refractivity contribution >= 4 is 11.4 Å². The Morgan fingerprint density at radius 3 is 2.90 bits per heavy atom. The monoisotopic (exact) mass is 280 g/mol. The molecule has 112 valence electrons. The second-order valence-electron chi connectivity index (χ2n) is 5.90. The molecular formula is C15H24N2O3. The summed E-state index contributed by atoms with van der Waals surface area (Å²) in [5.41, 5.74) is 7.27. The fourth-order valence-electron chi connectivity index (χ4n) is 1.95. The van der Waals surface area contributed by atoms with Gasteiger partial charge in [0.1, 0.15) is 18.5 Å². The van der Waals surface area contributed by atoms with Gasteiger partial charge in [0.15, 0.2) is 0 Å². The molecule has 1 aromatic carbocycles. The van der Waals surface area contributed by atoms with Gasteiger partial charge in [0, 0.05) is 12.2 Å². The van der Waals surface area contributed by atoms with Gasteiger partial charge in [-0.2, -0.15) is 0 Å². The minimum Gasteiger partial charge on any atom is -0.489 e. The summed E-state index contributed by atoms with van der Waals surface area (Å²) in [6.45, 7) is 8.47. The topological polar surface area (TPSA) is 65.7 Å². The summed E-state index contributed by atoms with van der Waals surface area (Å²) < 4.78 is 17.1. The van der Waals surface area contributed by atoms with Gasteiger partial charge in [-0.25, -0.2) is 0 Å². The van der Waals surface area contributed by atoms with Crippen LogP contribution >= 0.6 is 0 Å². The number of nitrogen functional groups attached to an aromatic ring is 1. The van der Waals surface area contributed by atoms with Crippen LogP contribution in [0.2, 0.25) is 0 Å². The Morgan fingerprint density at radius 2 is 2.15 bits per heavy atom. The number of anilines is 2. The van der Waals surface area contributed by atoms with E-state index in [1.807, 2.05) is 39.0 Å². The summed E-state index contributed by atoms with van der Waals surface area (Å²) in [6, 6.07) is 5.59. The minimum atomic E-state index is -0.130. The lowest BCUT2D eigenvalue weighted by Crippen LogP contribution is -2.30. The van der Waals surface area contributed by atoms with Gasteiger partial charge in [0.2, 0.25) is 0 Å². The van der Waals surface area contributed by atoms with Gasteiger partial charge in [-0.15, -0.1) is 0 Å². The average Bonchev–Trinajstić information content (AvgIpc) is 2.56. The van der Waals surface area contributed by atoms with Gasteiger partial charge >= 0.3 is 0 Å². The Balaban J connectivity index is 1.78. The van der Waals surface area contributed by atoms with Crippen LogP contribution in [0.4, 0.5) is 11.4 Å². The molecule has 5 heteroatoms. The standard InChI is InChI=1S/C15H24N2O3/c1-15(2,3)20-7-6-18-12-9-17-13-8-11(16)4-5-14(13)19-10-12/h4-5,8,12,17H,6-7,9-10,16H2,1-3H3. The molecule has 0 spiro atoms. The molecule has 0 fully saturated rings. The van der Waals surface area contributed by atoms with Gasteiger partial charge in [-0.05, 0) is 39.0 Å². The highest BCUT2D eigenvalue weighted by Crippen LogP contribution is 2.28. The Bertz CT molecular complexity index is 443. The Kier molecular flexibility index (Phi) is 4.73. The van der Waals surface area contributed by atoms with Crippen LogP contribution in [-0.2, 0) is 9.47 Å². The maximum atomic E-state index is 5.78. The van der Waals surface area contributed by atoms with E-state index in [1.165, 1.54) is 0 Å². The molecule has 0 aliphatic carbocycles. The number of ether oxygens (including phenoxy) is 3. The highest BCUT2D eigenvalue weighted by molar-refractivity contribution is 5.63. The number of fused-ring (bicyclic) bond motifs is 1. The third kappa shape index (κ3) is 4.58. The molecule has 0 amide bonds. The normalized spacial score (nSPS) is 18.6. The van der Waals surface area contributed by atoms with E-state index in [-0.39, 0.29) is 11.7 Å². The number of hydrogen-bond donors (Lipinski definition) is 2. The molecule has 2 rings (SSSR count). The number of hydrogen-bond acceptors (Lipinski definition) is 5. The smallest absolute Gasteiger partial charge is 0.142 e. The van der Waals surface area contributed by atoms with E-state index in [1.54, 1.807) is 0 Å². The molecule has 0 radical (unpaired) electrons. The van der Waals surface area contributed by atoms with Crippen LogP contribution in [-0.4, -0.2) is 38.1 Å². The fraction of sp³-hybridized carbons (Fsp3) is 0.600. The molecule has 0 aromatic heterocycles. The van der Waals surface area contributed by atoms with Gasteiger partial charge in [0.25, 0.3) is 0 Å². The third-order valence-electron chi connectivity index (χ3n) is 2.92. The lowest BCUT2D eigenvalue weighted by molar-refractivity contribution is -0.0552. The van der Waals surface area contributed by atoms with Crippen molar-refractivity contribution in [2.45, 2.75) is 32.5 Å². The van der Waals surface area contributed by atoms with Crippen molar-refractivity contribution in [1.29, 1.82) is 0 Å². The largest absolute Gasteiger partial charge is 0.489 e. The van der Waals surface area contributed by atoms with Gasteiger partial charge in [-0.1, -0.05) is 0 Å². The predicted octanol–water partition coefficient (Wildman–Crippen LogP) is 2.27. The van der Waals surface area contributed by atoms with Gasteiger partial charge < -0.3 is 25.3 Å². The number of nitrogens with one attached hydrogen (secondary N) is 1. The summed E-state index contributed by atoms with van der Waals surface area (Å²) in [5, 5.41) is 3.30. The number of rotatable bonds is 4. The molecule has 20 heavy (non-hydrogen) atoms. The molecule has 1 aliphatic rings. The highest BCUT2D eigenvalue weighted by atomic mass is 16.6. The lowest BCUT2D eigenvalue weighted by atomic mass is 10.2. The molecule has 0 bridgehead atoms. The molecule has 0 saturated heterocycles. The fourth-order valence-corrected chi connectivity index (χ4v) is 1.95. The molecule has 5 nitrogen and oxygen atoms in total. The molecule has 1 heterocycles. The van der Waals surface area contributed by atoms with E-state index in [2.05, 4.69) is 5.32 Å². The Hall–Kier alpha value is -1.46. The van der Waals surface area contributed by atoms with Crippen molar-refractivity contribution in [2.24, 2.45) is 0 Å². The van der Waals surface area contributed by atoms with Crippen LogP contribution in [0.15, 0.2) is 18.2 Å².